The van der Waals surface area contributed by atoms with E-state index in [0.717, 1.165) is 31.4 Å². The highest BCUT2D eigenvalue weighted by molar-refractivity contribution is 5.79. The van der Waals surface area contributed by atoms with E-state index in [1.54, 1.807) is 6.92 Å². The number of hydrogen-bond acceptors (Lipinski definition) is 1. The molecule has 0 bridgehead atoms. The second-order valence-electron chi connectivity index (χ2n) is 5.33. The molecular weight excluding hydrogens is 279 g/mol. The molecule has 114 valence electrons. The molecule has 2 rings (SSSR count). The van der Waals surface area contributed by atoms with Gasteiger partial charge in [0, 0.05) is 5.92 Å². The van der Waals surface area contributed by atoms with Gasteiger partial charge in [-0.25, -0.2) is 0 Å². The first-order valence-electron chi connectivity index (χ1n) is 7.00. The van der Waals surface area contributed by atoms with Gasteiger partial charge in [-0.3, -0.25) is 4.79 Å². The summed E-state index contributed by atoms with van der Waals surface area (Å²) in [5.74, 6) is -0.0707. The lowest BCUT2D eigenvalue weighted by Gasteiger charge is -2.21. The van der Waals surface area contributed by atoms with Crippen molar-refractivity contribution in [1.82, 2.24) is 5.32 Å². The third-order valence-corrected chi connectivity index (χ3v) is 3.74. The van der Waals surface area contributed by atoms with Crippen molar-refractivity contribution in [2.24, 2.45) is 5.92 Å². The summed E-state index contributed by atoms with van der Waals surface area (Å²) in [6.07, 6.45) is 2.17. The van der Waals surface area contributed by atoms with Gasteiger partial charge in [-0.05, 0) is 43.9 Å². The Morgan fingerprint density at radius 1 is 1.24 bits per heavy atom. The van der Waals surface area contributed by atoms with E-state index in [0.29, 0.717) is 5.56 Å². The molecule has 0 saturated heterocycles. The maximum Gasteiger partial charge on any atom is 0.416 e. The van der Waals surface area contributed by atoms with Crippen LogP contribution in [0.15, 0.2) is 36.4 Å². The Morgan fingerprint density at radius 3 is 2.43 bits per heavy atom. The highest BCUT2D eigenvalue weighted by Crippen LogP contribution is 2.30. The van der Waals surface area contributed by atoms with Crippen LogP contribution in [0.4, 0.5) is 13.2 Å². The van der Waals surface area contributed by atoms with Crippen LogP contribution in [0.2, 0.25) is 0 Å². The van der Waals surface area contributed by atoms with Gasteiger partial charge >= 0.3 is 6.18 Å². The number of nitrogens with one attached hydrogen (secondary N) is 1. The summed E-state index contributed by atoms with van der Waals surface area (Å²) >= 11 is 0. The van der Waals surface area contributed by atoms with Gasteiger partial charge in [-0.1, -0.05) is 24.3 Å². The molecule has 1 aromatic carbocycles. The van der Waals surface area contributed by atoms with Gasteiger partial charge < -0.3 is 5.32 Å². The minimum absolute atomic E-state index is 0.0353. The molecule has 1 aliphatic carbocycles. The molecule has 0 heterocycles. The quantitative estimate of drug-likeness (QED) is 0.831. The summed E-state index contributed by atoms with van der Waals surface area (Å²) in [5.41, 5.74) is -0.00936. The van der Waals surface area contributed by atoms with Gasteiger partial charge in [0.15, 0.2) is 0 Å². The van der Waals surface area contributed by atoms with Crippen LogP contribution in [0, 0.1) is 5.92 Å². The molecule has 0 spiro atoms. The highest BCUT2D eigenvalue weighted by atomic mass is 19.4. The third kappa shape index (κ3) is 4.09. The number of amides is 1. The Morgan fingerprint density at radius 2 is 1.90 bits per heavy atom. The lowest BCUT2D eigenvalue weighted by Crippen LogP contribution is -2.33. The second kappa shape index (κ2) is 6.33. The fraction of sp³-hybridized carbons (Fsp3) is 0.438. The molecule has 2 atom stereocenters. The standard InChI is InChI=1S/C16H18F3NO/c1-11(20-15(21)13-5-3-2-4-6-13)12-7-9-14(10-8-12)16(17,18)19/h2-3,7-11,13H,4-6H2,1H3,(H,20,21)/t11-,13-/m1/s1. The van der Waals surface area contributed by atoms with Crippen LogP contribution in [0.25, 0.3) is 0 Å². The maximum absolute atomic E-state index is 12.5. The van der Waals surface area contributed by atoms with Crippen molar-refractivity contribution >= 4 is 5.91 Å². The van der Waals surface area contributed by atoms with E-state index in [2.05, 4.69) is 11.4 Å². The molecule has 0 fully saturated rings. The maximum atomic E-state index is 12.5. The van der Waals surface area contributed by atoms with E-state index in [-0.39, 0.29) is 17.9 Å². The summed E-state index contributed by atoms with van der Waals surface area (Å²) < 4.78 is 37.5. The van der Waals surface area contributed by atoms with Crippen LogP contribution in [-0.4, -0.2) is 5.91 Å². The first kappa shape index (κ1) is 15.6. The van der Waals surface area contributed by atoms with Crippen molar-refractivity contribution < 1.29 is 18.0 Å². The summed E-state index contributed by atoms with van der Waals surface area (Å²) in [5, 5.41) is 2.87. The number of rotatable bonds is 3. The van der Waals surface area contributed by atoms with E-state index in [4.69, 9.17) is 0 Å². The number of carbonyl (C=O) groups is 1. The molecule has 0 radical (unpaired) electrons. The average Bonchev–Trinajstić information content (AvgIpc) is 2.47. The van der Waals surface area contributed by atoms with Crippen molar-refractivity contribution in [2.45, 2.75) is 38.4 Å². The van der Waals surface area contributed by atoms with Crippen molar-refractivity contribution in [2.75, 3.05) is 0 Å². The van der Waals surface area contributed by atoms with E-state index >= 15 is 0 Å². The van der Waals surface area contributed by atoms with Gasteiger partial charge in [0.2, 0.25) is 5.91 Å². The number of alkyl halides is 3. The number of halogens is 3. The zero-order valence-electron chi connectivity index (χ0n) is 11.8. The number of allylic oxidation sites excluding steroid dienone is 2. The zero-order chi connectivity index (χ0) is 15.5. The van der Waals surface area contributed by atoms with Crippen LogP contribution in [-0.2, 0) is 11.0 Å². The molecule has 0 unspecified atom stereocenters. The van der Waals surface area contributed by atoms with Crippen LogP contribution in [0.1, 0.15) is 43.4 Å². The molecule has 1 aliphatic rings. The Balaban J connectivity index is 1.98. The first-order chi connectivity index (χ1) is 9.88. The first-order valence-corrected chi connectivity index (χ1v) is 7.00. The van der Waals surface area contributed by atoms with Crippen molar-refractivity contribution in [3.05, 3.63) is 47.5 Å². The van der Waals surface area contributed by atoms with Crippen LogP contribution < -0.4 is 5.32 Å². The summed E-state index contributed by atoms with van der Waals surface area (Å²) in [7, 11) is 0. The molecular formula is C16H18F3NO. The van der Waals surface area contributed by atoms with Gasteiger partial charge in [0.1, 0.15) is 0 Å². The van der Waals surface area contributed by atoms with E-state index in [9.17, 15) is 18.0 Å². The van der Waals surface area contributed by atoms with E-state index in [1.807, 2.05) is 6.08 Å². The SMILES string of the molecule is C[C@@H](NC(=O)[C@@H]1CC=CCC1)c1ccc(C(F)(F)F)cc1. The third-order valence-electron chi connectivity index (χ3n) is 3.74. The van der Waals surface area contributed by atoms with Crippen LogP contribution in [0.3, 0.4) is 0 Å². The predicted octanol–water partition coefficient (Wildman–Crippen LogP) is 4.24. The van der Waals surface area contributed by atoms with E-state index < -0.39 is 11.7 Å². The summed E-state index contributed by atoms with van der Waals surface area (Å²) in [6, 6.07) is 4.61. The summed E-state index contributed by atoms with van der Waals surface area (Å²) in [4.78, 5) is 12.1. The average molecular weight is 297 g/mol. The molecule has 2 nitrogen and oxygen atoms in total. The molecule has 1 amide bonds. The number of carbonyl (C=O) groups excluding carboxylic acids is 1. The minimum atomic E-state index is -4.33. The normalized spacial score (nSPS) is 20.1. The molecule has 5 heteroatoms. The highest BCUT2D eigenvalue weighted by Gasteiger charge is 2.30. The van der Waals surface area contributed by atoms with Crippen molar-refractivity contribution in [1.29, 1.82) is 0 Å². The van der Waals surface area contributed by atoms with Crippen LogP contribution >= 0.6 is 0 Å². The Hall–Kier alpha value is -1.78. The monoisotopic (exact) mass is 297 g/mol. The lowest BCUT2D eigenvalue weighted by molar-refractivity contribution is -0.137. The minimum Gasteiger partial charge on any atom is -0.349 e. The Kier molecular flexibility index (Phi) is 4.70. The van der Waals surface area contributed by atoms with Gasteiger partial charge in [-0.15, -0.1) is 0 Å². The topological polar surface area (TPSA) is 29.1 Å². The molecule has 1 aromatic rings. The zero-order valence-corrected chi connectivity index (χ0v) is 11.8. The van der Waals surface area contributed by atoms with Crippen molar-refractivity contribution in [3.8, 4) is 0 Å². The number of benzene rings is 1. The number of hydrogen-bond donors (Lipinski definition) is 1. The molecule has 0 aliphatic heterocycles. The van der Waals surface area contributed by atoms with Crippen LogP contribution in [0.5, 0.6) is 0 Å². The fourth-order valence-electron chi connectivity index (χ4n) is 2.41. The summed E-state index contributed by atoms with van der Waals surface area (Å²) in [6.45, 7) is 1.78. The Labute approximate surface area is 122 Å². The van der Waals surface area contributed by atoms with Gasteiger partial charge in [0.25, 0.3) is 0 Å². The van der Waals surface area contributed by atoms with Crippen molar-refractivity contribution in [3.63, 3.8) is 0 Å². The fourth-order valence-corrected chi connectivity index (χ4v) is 2.41. The smallest absolute Gasteiger partial charge is 0.349 e. The molecule has 21 heavy (non-hydrogen) atoms. The van der Waals surface area contributed by atoms with E-state index in [1.165, 1.54) is 12.1 Å². The van der Waals surface area contributed by atoms with Gasteiger partial charge in [-0.2, -0.15) is 13.2 Å². The van der Waals surface area contributed by atoms with Gasteiger partial charge in [0.05, 0.1) is 11.6 Å². The molecule has 1 N–H and O–H groups in total. The second-order valence-corrected chi connectivity index (χ2v) is 5.33. The molecule has 0 aromatic heterocycles. The Bertz CT molecular complexity index is 519. The predicted molar refractivity (Wildman–Crippen MR) is 74.5 cm³/mol. The largest absolute Gasteiger partial charge is 0.416 e. The molecule has 0 saturated carbocycles. The lowest BCUT2D eigenvalue weighted by atomic mass is 9.93.